The molecule has 4 aliphatic rings. The van der Waals surface area contributed by atoms with Crippen LogP contribution in [0.2, 0.25) is 0 Å². The summed E-state index contributed by atoms with van der Waals surface area (Å²) in [5.74, 6) is 2.92. The molecule has 3 saturated carbocycles. The average Bonchev–Trinajstić information content (AvgIpc) is 2.74. The monoisotopic (exact) mass is 278 g/mol. The molecule has 4 unspecified atom stereocenters. The van der Waals surface area contributed by atoms with Gasteiger partial charge in [0.2, 0.25) is 0 Å². The van der Waals surface area contributed by atoms with Crippen molar-refractivity contribution in [2.45, 2.75) is 70.6 Å². The summed E-state index contributed by atoms with van der Waals surface area (Å²) < 4.78 is 13.6. The van der Waals surface area contributed by atoms with Gasteiger partial charge in [-0.2, -0.15) is 0 Å². The quantitative estimate of drug-likeness (QED) is 0.656. The van der Waals surface area contributed by atoms with Gasteiger partial charge in [-0.3, -0.25) is 0 Å². The number of fused-ring (bicyclic) bond motifs is 5. The second-order valence-corrected chi connectivity index (χ2v) is 8.07. The van der Waals surface area contributed by atoms with E-state index in [9.17, 15) is 9.50 Å². The van der Waals surface area contributed by atoms with Crippen molar-refractivity contribution in [3.8, 4) is 0 Å². The molecule has 0 amide bonds. The van der Waals surface area contributed by atoms with Crippen molar-refractivity contribution in [3.05, 3.63) is 11.6 Å². The lowest BCUT2D eigenvalue weighted by Gasteiger charge is -2.53. The minimum Gasteiger partial charge on any atom is -0.393 e. The van der Waals surface area contributed by atoms with Gasteiger partial charge in [0.05, 0.1) is 6.10 Å². The largest absolute Gasteiger partial charge is 0.393 e. The highest BCUT2D eigenvalue weighted by Gasteiger charge is 2.55. The van der Waals surface area contributed by atoms with Gasteiger partial charge in [0, 0.05) is 0 Å². The predicted octanol–water partition coefficient (Wildman–Crippen LogP) is 4.26. The van der Waals surface area contributed by atoms with Crippen molar-refractivity contribution < 1.29 is 9.50 Å². The number of hydrogen-bond acceptors (Lipinski definition) is 1. The standard InChI is InChI=1S/C18H27FO/c1-18-9-8-14-13-5-3-12(19)10-11(13)2-4-15(14)16(18)6-7-17(18)20/h2,12-17,20H,3-10H2,1H3/t12-,13-,14?,15?,16?,17?,18-/m0/s1. The number of halogens is 1. The lowest BCUT2D eigenvalue weighted by Crippen LogP contribution is -2.47. The van der Waals surface area contributed by atoms with E-state index in [0.717, 1.165) is 37.5 Å². The van der Waals surface area contributed by atoms with Crippen LogP contribution in [0.5, 0.6) is 0 Å². The molecule has 0 aromatic heterocycles. The Balaban J connectivity index is 1.62. The summed E-state index contributed by atoms with van der Waals surface area (Å²) in [5.41, 5.74) is 1.61. The van der Waals surface area contributed by atoms with Crippen molar-refractivity contribution in [1.29, 1.82) is 0 Å². The van der Waals surface area contributed by atoms with Crippen LogP contribution in [0.3, 0.4) is 0 Å². The highest BCUT2D eigenvalue weighted by atomic mass is 19.1. The van der Waals surface area contributed by atoms with Gasteiger partial charge in [0.1, 0.15) is 6.17 Å². The van der Waals surface area contributed by atoms with Gasteiger partial charge in [-0.25, -0.2) is 4.39 Å². The topological polar surface area (TPSA) is 20.2 Å². The Morgan fingerprint density at radius 1 is 1.15 bits per heavy atom. The molecule has 0 aromatic carbocycles. The van der Waals surface area contributed by atoms with E-state index in [-0.39, 0.29) is 11.5 Å². The van der Waals surface area contributed by atoms with E-state index in [1.807, 2.05) is 0 Å². The predicted molar refractivity (Wildman–Crippen MR) is 78.0 cm³/mol. The van der Waals surface area contributed by atoms with Crippen LogP contribution in [0.15, 0.2) is 11.6 Å². The molecule has 0 spiro atoms. The second kappa shape index (κ2) is 4.56. The third-order valence-electron chi connectivity index (χ3n) is 7.34. The maximum Gasteiger partial charge on any atom is 0.104 e. The lowest BCUT2D eigenvalue weighted by atomic mass is 9.53. The first-order valence-electron chi connectivity index (χ1n) is 8.60. The molecule has 4 rings (SSSR count). The molecule has 0 aromatic rings. The van der Waals surface area contributed by atoms with Gasteiger partial charge >= 0.3 is 0 Å². The zero-order valence-electron chi connectivity index (χ0n) is 12.5. The fraction of sp³-hybridized carbons (Fsp3) is 0.889. The average molecular weight is 278 g/mol. The van der Waals surface area contributed by atoms with E-state index < -0.39 is 6.17 Å². The first-order chi connectivity index (χ1) is 9.59. The first kappa shape index (κ1) is 13.3. The summed E-state index contributed by atoms with van der Waals surface area (Å²) in [4.78, 5) is 0. The van der Waals surface area contributed by atoms with Gasteiger partial charge in [-0.15, -0.1) is 0 Å². The number of allylic oxidation sites excluding steroid dienone is 2. The van der Waals surface area contributed by atoms with E-state index in [1.165, 1.54) is 24.8 Å². The molecule has 2 heteroatoms. The van der Waals surface area contributed by atoms with Crippen LogP contribution in [0.1, 0.15) is 58.3 Å². The second-order valence-electron chi connectivity index (χ2n) is 8.07. The molecular weight excluding hydrogens is 251 g/mol. The minimum absolute atomic E-state index is 0.0830. The Hall–Kier alpha value is -0.370. The molecule has 1 nitrogen and oxygen atoms in total. The van der Waals surface area contributed by atoms with Crippen LogP contribution >= 0.6 is 0 Å². The number of alkyl halides is 1. The highest BCUT2D eigenvalue weighted by molar-refractivity contribution is 5.20. The SMILES string of the molecule is C[C@]12CCC3C(CC=C4C[C@@H](F)CC[C@@H]43)C1CCC2O. The Morgan fingerprint density at radius 3 is 2.85 bits per heavy atom. The van der Waals surface area contributed by atoms with E-state index in [0.29, 0.717) is 18.3 Å². The van der Waals surface area contributed by atoms with Crippen LogP contribution in [0.4, 0.5) is 4.39 Å². The van der Waals surface area contributed by atoms with Crippen molar-refractivity contribution in [2.75, 3.05) is 0 Å². The Morgan fingerprint density at radius 2 is 2.00 bits per heavy atom. The number of hydrogen-bond donors (Lipinski definition) is 1. The number of aliphatic hydroxyl groups excluding tert-OH is 1. The third kappa shape index (κ3) is 1.76. The van der Waals surface area contributed by atoms with E-state index in [2.05, 4.69) is 13.0 Å². The van der Waals surface area contributed by atoms with Crippen LogP contribution in [0.25, 0.3) is 0 Å². The van der Waals surface area contributed by atoms with E-state index in [4.69, 9.17) is 0 Å². The van der Waals surface area contributed by atoms with Gasteiger partial charge in [-0.05, 0) is 80.5 Å². The molecule has 20 heavy (non-hydrogen) atoms. The summed E-state index contributed by atoms with van der Waals surface area (Å²) in [7, 11) is 0. The summed E-state index contributed by atoms with van der Waals surface area (Å²) in [6, 6.07) is 0. The maximum absolute atomic E-state index is 13.6. The van der Waals surface area contributed by atoms with Crippen molar-refractivity contribution in [3.63, 3.8) is 0 Å². The van der Waals surface area contributed by atoms with Gasteiger partial charge in [0.15, 0.2) is 0 Å². The van der Waals surface area contributed by atoms with Crippen LogP contribution in [0, 0.1) is 29.1 Å². The first-order valence-corrected chi connectivity index (χ1v) is 8.60. The van der Waals surface area contributed by atoms with Crippen LogP contribution in [-0.2, 0) is 0 Å². The maximum atomic E-state index is 13.6. The molecule has 7 atom stereocenters. The highest BCUT2D eigenvalue weighted by Crippen LogP contribution is 2.61. The molecular formula is C18H27FO. The smallest absolute Gasteiger partial charge is 0.104 e. The fourth-order valence-corrected chi connectivity index (χ4v) is 6.19. The molecule has 0 saturated heterocycles. The molecule has 0 bridgehead atoms. The zero-order chi connectivity index (χ0) is 13.9. The molecule has 0 radical (unpaired) electrons. The normalized spacial score (nSPS) is 54.6. The number of rotatable bonds is 0. The van der Waals surface area contributed by atoms with Crippen LogP contribution < -0.4 is 0 Å². The summed E-state index contributed by atoms with van der Waals surface area (Å²) in [6.45, 7) is 2.32. The van der Waals surface area contributed by atoms with E-state index >= 15 is 0 Å². The minimum atomic E-state index is -0.587. The van der Waals surface area contributed by atoms with Gasteiger partial charge < -0.3 is 5.11 Å². The summed E-state index contributed by atoms with van der Waals surface area (Å²) in [5, 5.41) is 10.4. The third-order valence-corrected chi connectivity index (χ3v) is 7.34. The number of aliphatic hydroxyl groups is 1. The Labute approximate surface area is 121 Å². The Kier molecular flexibility index (Phi) is 3.03. The van der Waals surface area contributed by atoms with Crippen molar-refractivity contribution >= 4 is 0 Å². The van der Waals surface area contributed by atoms with E-state index in [1.54, 1.807) is 0 Å². The summed E-state index contributed by atoms with van der Waals surface area (Å²) in [6.07, 6.45) is 10.1. The molecule has 112 valence electrons. The van der Waals surface area contributed by atoms with Crippen LogP contribution in [-0.4, -0.2) is 17.4 Å². The lowest BCUT2D eigenvalue weighted by molar-refractivity contribution is -0.0484. The molecule has 1 N–H and O–H groups in total. The zero-order valence-corrected chi connectivity index (χ0v) is 12.5. The van der Waals surface area contributed by atoms with Crippen molar-refractivity contribution in [2.24, 2.45) is 29.1 Å². The van der Waals surface area contributed by atoms with Gasteiger partial charge in [-0.1, -0.05) is 18.6 Å². The molecule has 0 heterocycles. The molecule has 0 aliphatic heterocycles. The molecule has 4 aliphatic carbocycles. The molecule has 3 fully saturated rings. The van der Waals surface area contributed by atoms with Crippen molar-refractivity contribution in [1.82, 2.24) is 0 Å². The Bertz CT molecular complexity index is 431. The fourth-order valence-electron chi connectivity index (χ4n) is 6.19. The van der Waals surface area contributed by atoms with Gasteiger partial charge in [0.25, 0.3) is 0 Å². The summed E-state index contributed by atoms with van der Waals surface area (Å²) >= 11 is 0.